The molecule has 0 amide bonds. The first-order valence-corrected chi connectivity index (χ1v) is 4.44. The minimum Gasteiger partial charge on any atom is -0.397 e. The van der Waals surface area contributed by atoms with Gasteiger partial charge in [0.05, 0.1) is 11.9 Å². The molecular formula is C9H12N2S. The van der Waals surface area contributed by atoms with Crippen LogP contribution in [0.15, 0.2) is 24.5 Å². The van der Waals surface area contributed by atoms with Gasteiger partial charge in [0, 0.05) is 11.8 Å². The van der Waals surface area contributed by atoms with Crippen LogP contribution >= 0.6 is 12.6 Å². The molecule has 0 bridgehead atoms. The van der Waals surface area contributed by atoms with Crippen LogP contribution in [0.25, 0.3) is 6.08 Å². The number of nitrogen functional groups attached to an aromatic ring is 1. The third-order valence-corrected chi connectivity index (χ3v) is 1.74. The Morgan fingerprint density at radius 3 is 3.08 bits per heavy atom. The minimum atomic E-state index is 0.716. The second kappa shape index (κ2) is 4.83. The number of aromatic nitrogens is 1. The van der Waals surface area contributed by atoms with Gasteiger partial charge in [-0.05, 0) is 18.2 Å². The molecule has 64 valence electrons. The number of hydrogen-bond acceptors (Lipinski definition) is 3. The standard InChI is InChI=1S/C9H12N2S/c10-9-7-11-5-4-8(9)3-1-2-6-12/h1,3-5,7,12H,2,6,10H2. The molecule has 0 aliphatic heterocycles. The van der Waals surface area contributed by atoms with Crippen LogP contribution in [0.5, 0.6) is 0 Å². The predicted octanol–water partition coefficient (Wildman–Crippen LogP) is 2.00. The van der Waals surface area contributed by atoms with E-state index in [2.05, 4.69) is 23.7 Å². The summed E-state index contributed by atoms with van der Waals surface area (Å²) in [7, 11) is 0. The summed E-state index contributed by atoms with van der Waals surface area (Å²) in [5.74, 6) is 0.863. The van der Waals surface area contributed by atoms with Gasteiger partial charge in [0.1, 0.15) is 0 Å². The molecule has 0 atom stereocenters. The van der Waals surface area contributed by atoms with Crippen molar-refractivity contribution in [1.82, 2.24) is 4.98 Å². The average Bonchev–Trinajstić information content (AvgIpc) is 2.09. The SMILES string of the molecule is Nc1cnccc1C=CCCS. The monoisotopic (exact) mass is 180 g/mol. The largest absolute Gasteiger partial charge is 0.397 e. The highest BCUT2D eigenvalue weighted by Gasteiger charge is 1.90. The molecule has 0 radical (unpaired) electrons. The third-order valence-electron chi connectivity index (χ3n) is 1.48. The Morgan fingerprint density at radius 2 is 2.42 bits per heavy atom. The molecule has 1 heterocycles. The summed E-state index contributed by atoms with van der Waals surface area (Å²) in [5.41, 5.74) is 7.41. The molecule has 2 N–H and O–H groups in total. The second-order valence-electron chi connectivity index (χ2n) is 2.42. The Morgan fingerprint density at radius 1 is 1.58 bits per heavy atom. The first-order chi connectivity index (χ1) is 5.84. The van der Waals surface area contributed by atoms with E-state index < -0.39 is 0 Å². The lowest BCUT2D eigenvalue weighted by Gasteiger charge is -1.96. The summed E-state index contributed by atoms with van der Waals surface area (Å²) < 4.78 is 0. The van der Waals surface area contributed by atoms with Crippen molar-refractivity contribution in [2.75, 3.05) is 11.5 Å². The van der Waals surface area contributed by atoms with Crippen molar-refractivity contribution in [2.24, 2.45) is 0 Å². The highest BCUT2D eigenvalue weighted by Crippen LogP contribution is 2.10. The topological polar surface area (TPSA) is 38.9 Å². The summed E-state index contributed by atoms with van der Waals surface area (Å²) in [5, 5.41) is 0. The van der Waals surface area contributed by atoms with Crippen molar-refractivity contribution in [2.45, 2.75) is 6.42 Å². The summed E-state index contributed by atoms with van der Waals surface area (Å²) in [6, 6.07) is 1.89. The summed E-state index contributed by atoms with van der Waals surface area (Å²) in [4.78, 5) is 3.90. The smallest absolute Gasteiger partial charge is 0.0574 e. The van der Waals surface area contributed by atoms with Crippen LogP contribution in [0.4, 0.5) is 5.69 Å². The van der Waals surface area contributed by atoms with Gasteiger partial charge < -0.3 is 5.73 Å². The summed E-state index contributed by atoms with van der Waals surface area (Å²) >= 11 is 4.10. The normalized spacial score (nSPS) is 10.8. The zero-order valence-corrected chi connectivity index (χ0v) is 7.67. The van der Waals surface area contributed by atoms with Crippen LogP contribution in [0, 0.1) is 0 Å². The molecule has 1 rings (SSSR count). The van der Waals surface area contributed by atoms with Gasteiger partial charge in [0.25, 0.3) is 0 Å². The van der Waals surface area contributed by atoms with E-state index in [0.717, 1.165) is 17.7 Å². The molecule has 0 aliphatic carbocycles. The molecule has 3 heteroatoms. The van der Waals surface area contributed by atoms with E-state index in [1.54, 1.807) is 12.4 Å². The molecule has 2 nitrogen and oxygen atoms in total. The van der Waals surface area contributed by atoms with Crippen molar-refractivity contribution >= 4 is 24.4 Å². The number of pyridine rings is 1. The van der Waals surface area contributed by atoms with E-state index in [-0.39, 0.29) is 0 Å². The Bertz CT molecular complexity index is 271. The molecular weight excluding hydrogens is 168 g/mol. The quantitative estimate of drug-likeness (QED) is 0.698. The lowest BCUT2D eigenvalue weighted by Crippen LogP contribution is -1.89. The van der Waals surface area contributed by atoms with Crippen LogP contribution in [0.2, 0.25) is 0 Å². The van der Waals surface area contributed by atoms with E-state index >= 15 is 0 Å². The van der Waals surface area contributed by atoms with Crippen molar-refractivity contribution in [3.05, 3.63) is 30.1 Å². The number of nitrogens with zero attached hydrogens (tertiary/aromatic N) is 1. The van der Waals surface area contributed by atoms with Crippen molar-refractivity contribution < 1.29 is 0 Å². The first kappa shape index (κ1) is 9.13. The van der Waals surface area contributed by atoms with Crippen molar-refractivity contribution in [3.63, 3.8) is 0 Å². The molecule has 0 aliphatic rings. The van der Waals surface area contributed by atoms with Crippen LogP contribution < -0.4 is 5.73 Å². The van der Waals surface area contributed by atoms with Gasteiger partial charge in [-0.15, -0.1) is 0 Å². The Kier molecular flexibility index (Phi) is 3.67. The summed E-state index contributed by atoms with van der Waals surface area (Å²) in [6.45, 7) is 0. The highest BCUT2D eigenvalue weighted by atomic mass is 32.1. The molecule has 0 saturated carbocycles. The van der Waals surface area contributed by atoms with Crippen LogP contribution in [-0.4, -0.2) is 10.7 Å². The zero-order chi connectivity index (χ0) is 8.81. The van der Waals surface area contributed by atoms with E-state index in [0.29, 0.717) is 5.69 Å². The fourth-order valence-corrected chi connectivity index (χ4v) is 1.00. The predicted molar refractivity (Wildman–Crippen MR) is 56.2 cm³/mol. The van der Waals surface area contributed by atoms with Gasteiger partial charge in [-0.1, -0.05) is 12.2 Å². The Labute approximate surface area is 77.9 Å². The van der Waals surface area contributed by atoms with Gasteiger partial charge in [-0.2, -0.15) is 12.6 Å². The number of rotatable bonds is 3. The molecule has 1 aromatic heterocycles. The van der Waals surface area contributed by atoms with Crippen LogP contribution in [0.1, 0.15) is 12.0 Å². The lowest BCUT2D eigenvalue weighted by molar-refractivity contribution is 1.26. The molecule has 1 aromatic rings. The van der Waals surface area contributed by atoms with Crippen molar-refractivity contribution in [3.8, 4) is 0 Å². The third kappa shape index (κ3) is 2.58. The van der Waals surface area contributed by atoms with Gasteiger partial charge in [0.15, 0.2) is 0 Å². The lowest BCUT2D eigenvalue weighted by atomic mass is 10.2. The van der Waals surface area contributed by atoms with Gasteiger partial charge in [0.2, 0.25) is 0 Å². The molecule has 0 unspecified atom stereocenters. The van der Waals surface area contributed by atoms with E-state index in [1.165, 1.54) is 0 Å². The first-order valence-electron chi connectivity index (χ1n) is 3.81. The van der Waals surface area contributed by atoms with Gasteiger partial charge in [-0.25, -0.2) is 0 Å². The molecule has 0 spiro atoms. The Hall–Kier alpha value is -0.960. The zero-order valence-electron chi connectivity index (χ0n) is 6.77. The maximum atomic E-state index is 5.67. The molecule has 0 saturated heterocycles. The van der Waals surface area contributed by atoms with E-state index in [1.807, 2.05) is 12.1 Å². The number of hydrogen-bond donors (Lipinski definition) is 2. The number of nitrogens with two attached hydrogens (primary N) is 1. The number of thiol groups is 1. The van der Waals surface area contributed by atoms with Crippen LogP contribution in [-0.2, 0) is 0 Å². The maximum Gasteiger partial charge on any atom is 0.0574 e. The van der Waals surface area contributed by atoms with E-state index in [4.69, 9.17) is 5.73 Å². The van der Waals surface area contributed by atoms with Crippen molar-refractivity contribution in [1.29, 1.82) is 0 Å². The molecule has 0 fully saturated rings. The molecule has 0 aromatic carbocycles. The van der Waals surface area contributed by atoms with Crippen LogP contribution in [0.3, 0.4) is 0 Å². The second-order valence-corrected chi connectivity index (χ2v) is 2.87. The fraction of sp³-hybridized carbons (Fsp3) is 0.222. The van der Waals surface area contributed by atoms with E-state index in [9.17, 15) is 0 Å². The highest BCUT2D eigenvalue weighted by molar-refractivity contribution is 7.80. The van der Waals surface area contributed by atoms with Gasteiger partial charge in [-0.3, -0.25) is 4.98 Å². The number of anilines is 1. The maximum absolute atomic E-state index is 5.67. The Balaban J connectivity index is 2.68. The molecule has 12 heavy (non-hydrogen) atoms. The average molecular weight is 180 g/mol. The van der Waals surface area contributed by atoms with Gasteiger partial charge >= 0.3 is 0 Å². The fourth-order valence-electron chi connectivity index (χ4n) is 0.854. The minimum absolute atomic E-state index is 0.716. The summed E-state index contributed by atoms with van der Waals surface area (Å²) in [6.07, 6.45) is 8.40. The number of allylic oxidation sites excluding steroid dienone is 1.